The Labute approximate surface area is 217 Å². The van der Waals surface area contributed by atoms with Crippen LogP contribution in [0.15, 0.2) is 65.8 Å². The molecule has 6 nitrogen and oxygen atoms in total. The Morgan fingerprint density at radius 2 is 1.70 bits per heavy atom. The van der Waals surface area contributed by atoms with Crippen LogP contribution in [0, 0.1) is 11.6 Å². The third-order valence-corrected chi connectivity index (χ3v) is 6.47. The van der Waals surface area contributed by atoms with Gasteiger partial charge in [-0.2, -0.15) is 10.2 Å². The van der Waals surface area contributed by atoms with E-state index in [1.165, 1.54) is 18.3 Å². The Balaban J connectivity index is 1.48. The minimum atomic E-state index is -0.613. The lowest BCUT2D eigenvalue weighted by atomic mass is 9.86. The fourth-order valence-electron chi connectivity index (χ4n) is 4.20. The highest BCUT2D eigenvalue weighted by molar-refractivity contribution is 6.29. The van der Waals surface area contributed by atoms with E-state index in [1.54, 1.807) is 48.3 Å². The third-order valence-electron chi connectivity index (χ3n) is 6.27. The molecule has 0 aliphatic carbocycles. The van der Waals surface area contributed by atoms with Crippen LogP contribution in [0.3, 0.4) is 0 Å². The normalized spacial score (nSPS) is 11.9. The molecule has 2 aromatic carbocycles. The lowest BCUT2D eigenvalue weighted by molar-refractivity contribution is 0.567. The van der Waals surface area contributed by atoms with Gasteiger partial charge >= 0.3 is 0 Å². The molecular formula is C28H24ClF2N5O. The number of fused-ring (bicyclic) bond motifs is 1. The van der Waals surface area contributed by atoms with Crippen LogP contribution in [0.5, 0.6) is 0 Å². The van der Waals surface area contributed by atoms with E-state index < -0.39 is 17.2 Å². The summed E-state index contributed by atoms with van der Waals surface area (Å²) in [4.78, 5) is 17.4. The number of rotatable bonds is 4. The van der Waals surface area contributed by atoms with Gasteiger partial charge in [0, 0.05) is 29.8 Å². The van der Waals surface area contributed by atoms with Crippen LogP contribution in [0.2, 0.25) is 5.15 Å². The van der Waals surface area contributed by atoms with Gasteiger partial charge in [0.05, 0.1) is 30.0 Å². The zero-order chi connectivity index (χ0) is 26.5. The van der Waals surface area contributed by atoms with Crippen molar-refractivity contribution in [2.45, 2.75) is 32.7 Å². The van der Waals surface area contributed by atoms with Crippen molar-refractivity contribution in [3.8, 4) is 22.4 Å². The number of hydrogen-bond donors (Lipinski definition) is 0. The van der Waals surface area contributed by atoms with Crippen molar-refractivity contribution in [1.29, 1.82) is 0 Å². The molecule has 9 heteroatoms. The van der Waals surface area contributed by atoms with Crippen LogP contribution in [0.4, 0.5) is 8.78 Å². The van der Waals surface area contributed by atoms with Crippen LogP contribution in [0.25, 0.3) is 33.2 Å². The molecule has 188 valence electrons. The van der Waals surface area contributed by atoms with Crippen LogP contribution in [-0.2, 0) is 19.0 Å². The summed E-state index contributed by atoms with van der Waals surface area (Å²) in [6.45, 7) is 5.76. The molecule has 0 aliphatic heterocycles. The Hall–Kier alpha value is -3.91. The van der Waals surface area contributed by atoms with E-state index in [4.69, 9.17) is 11.6 Å². The molecule has 0 unspecified atom stereocenters. The van der Waals surface area contributed by atoms with E-state index in [0.717, 1.165) is 15.8 Å². The van der Waals surface area contributed by atoms with Gasteiger partial charge in [0.1, 0.15) is 16.8 Å². The summed E-state index contributed by atoms with van der Waals surface area (Å²) in [5, 5.41) is 8.96. The lowest BCUT2D eigenvalue weighted by Crippen LogP contribution is -2.25. The molecule has 0 aliphatic rings. The number of nitrogens with zero attached hydrogens (tertiary/aromatic N) is 5. The number of hydrogen-bond acceptors (Lipinski definition) is 4. The molecule has 0 saturated carbocycles. The predicted octanol–water partition coefficient (Wildman–Crippen LogP) is 6.14. The van der Waals surface area contributed by atoms with Crippen molar-refractivity contribution in [3.63, 3.8) is 0 Å². The SMILES string of the molecule is Cn1cc(-c2cc(-c3ccc(Cn4ncc5cc(C(C)(C)C)cc(F)c5c4=O)c(F)c3)cc(Cl)n2)cn1. The first-order chi connectivity index (χ1) is 17.5. The first-order valence-electron chi connectivity index (χ1n) is 11.6. The van der Waals surface area contributed by atoms with Gasteiger partial charge in [-0.25, -0.2) is 18.4 Å². The molecular weight excluding hydrogens is 496 g/mol. The molecule has 0 fully saturated rings. The van der Waals surface area contributed by atoms with Crippen molar-refractivity contribution >= 4 is 22.4 Å². The highest BCUT2D eigenvalue weighted by Crippen LogP contribution is 2.29. The van der Waals surface area contributed by atoms with E-state index in [1.807, 2.05) is 27.0 Å². The fraction of sp³-hybridized carbons (Fsp3) is 0.214. The number of pyridine rings is 1. The first-order valence-corrected chi connectivity index (χ1v) is 12.0. The first kappa shape index (κ1) is 24.8. The average molecular weight is 520 g/mol. The van der Waals surface area contributed by atoms with Gasteiger partial charge in [-0.15, -0.1) is 0 Å². The van der Waals surface area contributed by atoms with Crippen LogP contribution in [0.1, 0.15) is 31.9 Å². The van der Waals surface area contributed by atoms with Crippen LogP contribution in [-0.4, -0.2) is 24.5 Å². The predicted molar refractivity (Wildman–Crippen MR) is 141 cm³/mol. The van der Waals surface area contributed by atoms with Gasteiger partial charge in [-0.05, 0) is 52.4 Å². The van der Waals surface area contributed by atoms with E-state index in [-0.39, 0.29) is 28.1 Å². The molecule has 0 amide bonds. The summed E-state index contributed by atoms with van der Waals surface area (Å²) in [6.07, 6.45) is 4.93. The summed E-state index contributed by atoms with van der Waals surface area (Å²) in [6, 6.07) is 11.3. The minimum Gasteiger partial charge on any atom is -0.275 e. The molecule has 3 aromatic heterocycles. The van der Waals surface area contributed by atoms with Crippen LogP contribution < -0.4 is 5.56 Å². The topological polar surface area (TPSA) is 65.6 Å². The van der Waals surface area contributed by atoms with Crippen molar-refractivity contribution in [2.75, 3.05) is 0 Å². The standard InChI is InChI=1S/C28H24ClF2N5O/c1-28(2,3)21-7-19-12-33-36(27(37)26(19)23(31)11-21)15-17-6-5-16(8-22(17)30)18-9-24(34-25(29)10-18)20-13-32-35(4)14-20/h5-14H,15H2,1-4H3. The fourth-order valence-corrected chi connectivity index (χ4v) is 4.40. The number of aryl methyl sites for hydroxylation is 1. The number of halogens is 3. The number of benzene rings is 2. The van der Waals surface area contributed by atoms with E-state index in [0.29, 0.717) is 22.2 Å². The second kappa shape index (κ2) is 9.19. The summed E-state index contributed by atoms with van der Waals surface area (Å²) < 4.78 is 32.8. The minimum absolute atomic E-state index is 0.0608. The maximum absolute atomic E-state index is 15.2. The summed E-state index contributed by atoms with van der Waals surface area (Å²) in [5.41, 5.74) is 2.79. The van der Waals surface area contributed by atoms with Gasteiger partial charge in [0.2, 0.25) is 0 Å². The summed E-state index contributed by atoms with van der Waals surface area (Å²) in [5.74, 6) is -1.14. The average Bonchev–Trinajstić information content (AvgIpc) is 3.27. The second-order valence-electron chi connectivity index (χ2n) is 10.1. The van der Waals surface area contributed by atoms with E-state index >= 15 is 4.39 Å². The number of aromatic nitrogens is 5. The monoisotopic (exact) mass is 519 g/mol. The molecule has 0 saturated heterocycles. The zero-order valence-corrected chi connectivity index (χ0v) is 21.5. The Morgan fingerprint density at radius 1 is 0.919 bits per heavy atom. The van der Waals surface area contributed by atoms with E-state index in [9.17, 15) is 9.18 Å². The van der Waals surface area contributed by atoms with Gasteiger partial charge in [-0.1, -0.05) is 44.5 Å². The molecule has 0 N–H and O–H groups in total. The molecule has 0 atom stereocenters. The van der Waals surface area contributed by atoms with Crippen molar-refractivity contribution in [2.24, 2.45) is 7.05 Å². The van der Waals surface area contributed by atoms with Gasteiger partial charge < -0.3 is 0 Å². The molecule has 0 radical (unpaired) electrons. The smallest absolute Gasteiger partial charge is 0.275 e. The Kier molecular flexibility index (Phi) is 6.15. The second-order valence-corrected chi connectivity index (χ2v) is 10.4. The highest BCUT2D eigenvalue weighted by Gasteiger charge is 2.19. The zero-order valence-electron chi connectivity index (χ0n) is 20.8. The molecule has 37 heavy (non-hydrogen) atoms. The molecule has 5 rings (SSSR count). The Bertz CT molecular complexity index is 1720. The van der Waals surface area contributed by atoms with Crippen molar-refractivity contribution in [1.82, 2.24) is 24.5 Å². The largest absolute Gasteiger partial charge is 0.277 e. The lowest BCUT2D eigenvalue weighted by Gasteiger charge is -2.19. The molecule has 0 spiro atoms. The maximum Gasteiger partial charge on any atom is 0.277 e. The quantitative estimate of drug-likeness (QED) is 0.268. The Morgan fingerprint density at radius 3 is 2.38 bits per heavy atom. The van der Waals surface area contributed by atoms with Crippen molar-refractivity contribution in [3.05, 3.63) is 99.3 Å². The van der Waals surface area contributed by atoms with Crippen molar-refractivity contribution < 1.29 is 8.78 Å². The van der Waals surface area contributed by atoms with E-state index in [2.05, 4.69) is 15.2 Å². The van der Waals surface area contributed by atoms with Gasteiger partial charge in [0.25, 0.3) is 5.56 Å². The molecule has 3 heterocycles. The summed E-state index contributed by atoms with van der Waals surface area (Å²) >= 11 is 6.24. The maximum atomic E-state index is 15.2. The third kappa shape index (κ3) is 4.89. The molecule has 0 bridgehead atoms. The summed E-state index contributed by atoms with van der Waals surface area (Å²) in [7, 11) is 1.80. The van der Waals surface area contributed by atoms with Gasteiger partial charge in [0.15, 0.2) is 0 Å². The van der Waals surface area contributed by atoms with Gasteiger partial charge in [-0.3, -0.25) is 9.48 Å². The molecule has 5 aromatic rings. The highest BCUT2D eigenvalue weighted by atomic mass is 35.5. The van der Waals surface area contributed by atoms with Crippen LogP contribution >= 0.6 is 11.6 Å².